The van der Waals surface area contributed by atoms with Crippen LogP contribution in [0.2, 0.25) is 0 Å². The van der Waals surface area contributed by atoms with Gasteiger partial charge in [0.05, 0.1) is 24.7 Å². The fraction of sp³-hybridized carbons (Fsp3) is 0.261. The molecule has 0 saturated carbocycles. The predicted octanol–water partition coefficient (Wildman–Crippen LogP) is 5.20. The molecule has 0 spiro atoms. The van der Waals surface area contributed by atoms with Gasteiger partial charge in [0.1, 0.15) is 23.0 Å². The maximum atomic E-state index is 11.3. The highest BCUT2D eigenvalue weighted by Crippen LogP contribution is 2.24. The first kappa shape index (κ1) is 21.9. The second-order valence-corrected chi connectivity index (χ2v) is 6.29. The summed E-state index contributed by atoms with van der Waals surface area (Å²) in [5, 5.41) is 3.19. The first-order valence-electron chi connectivity index (χ1n) is 9.53. The zero-order valence-electron chi connectivity index (χ0n) is 17.9. The molecule has 0 saturated heterocycles. The molecule has 0 fully saturated rings. The minimum atomic E-state index is -0.0652. The minimum absolute atomic E-state index is 0.0652. The first-order valence-corrected chi connectivity index (χ1v) is 9.53. The molecule has 152 valence electrons. The van der Waals surface area contributed by atoms with E-state index in [9.17, 15) is 4.79 Å². The Balaban J connectivity index is 0.00000145. The summed E-state index contributed by atoms with van der Waals surface area (Å²) in [5.41, 5.74) is 4.69. The summed E-state index contributed by atoms with van der Waals surface area (Å²) in [6, 6.07) is 9.41. The van der Waals surface area contributed by atoms with Crippen molar-refractivity contribution in [2.24, 2.45) is 0 Å². The van der Waals surface area contributed by atoms with Crippen molar-refractivity contribution in [3.8, 4) is 11.4 Å². The highest BCUT2D eigenvalue weighted by molar-refractivity contribution is 5.92. The Bertz CT molecular complexity index is 1000. The summed E-state index contributed by atoms with van der Waals surface area (Å²) >= 11 is 0. The molecule has 0 amide bonds. The van der Waals surface area contributed by atoms with Gasteiger partial charge in [-0.15, -0.1) is 0 Å². The van der Waals surface area contributed by atoms with Gasteiger partial charge in [-0.05, 0) is 49.7 Å². The number of methoxy groups -OCH3 is 1. The number of aryl methyl sites for hydroxylation is 2. The Morgan fingerprint density at radius 1 is 1.14 bits per heavy atom. The largest absolute Gasteiger partial charge is 0.497 e. The molecule has 29 heavy (non-hydrogen) atoms. The van der Waals surface area contributed by atoms with Gasteiger partial charge in [0.15, 0.2) is 5.78 Å². The molecule has 0 aliphatic carbocycles. The summed E-state index contributed by atoms with van der Waals surface area (Å²) in [7, 11) is 1.66. The van der Waals surface area contributed by atoms with E-state index in [4.69, 9.17) is 4.74 Å². The second kappa shape index (κ2) is 9.68. The molecule has 0 bridgehead atoms. The predicted molar refractivity (Wildman–Crippen MR) is 118 cm³/mol. The van der Waals surface area contributed by atoms with Gasteiger partial charge in [-0.1, -0.05) is 20.4 Å². The molecule has 3 rings (SSSR count). The highest BCUT2D eigenvalue weighted by Gasteiger charge is 2.11. The number of benzene rings is 1. The number of Topliss-reactive ketones (excluding diaryl/α,β-unsaturated/α-hetero) is 1. The molecule has 1 aromatic carbocycles. The molecule has 6 heteroatoms. The quantitative estimate of drug-likeness (QED) is 0.584. The van der Waals surface area contributed by atoms with Crippen LogP contribution in [-0.2, 0) is 0 Å². The Labute approximate surface area is 172 Å². The van der Waals surface area contributed by atoms with Gasteiger partial charge in [-0.2, -0.15) is 0 Å². The van der Waals surface area contributed by atoms with E-state index in [1.807, 2.05) is 56.7 Å². The zero-order chi connectivity index (χ0) is 21.6. The third-order valence-corrected chi connectivity index (χ3v) is 4.27. The number of ether oxygens (including phenoxy) is 1. The Kier molecular flexibility index (Phi) is 7.31. The molecular formula is C23H28N4O2. The van der Waals surface area contributed by atoms with Crippen LogP contribution in [-0.4, -0.2) is 27.4 Å². The summed E-state index contributed by atoms with van der Waals surface area (Å²) in [6.07, 6.45) is 3.55. The molecule has 6 nitrogen and oxygen atoms in total. The number of hydrogen-bond donors (Lipinski definition) is 1. The monoisotopic (exact) mass is 392 g/mol. The molecule has 1 N–H and O–H groups in total. The Morgan fingerprint density at radius 3 is 2.41 bits per heavy atom. The molecule has 2 heterocycles. The summed E-state index contributed by atoms with van der Waals surface area (Å²) in [4.78, 5) is 20.1. The van der Waals surface area contributed by atoms with Crippen LogP contribution in [0, 0.1) is 13.8 Å². The average molecular weight is 393 g/mol. The van der Waals surface area contributed by atoms with Crippen molar-refractivity contribution in [1.29, 1.82) is 0 Å². The summed E-state index contributed by atoms with van der Waals surface area (Å²) < 4.78 is 7.29. The fourth-order valence-electron chi connectivity index (χ4n) is 2.80. The first-order chi connectivity index (χ1) is 13.9. The van der Waals surface area contributed by atoms with Gasteiger partial charge in [0.25, 0.3) is 0 Å². The van der Waals surface area contributed by atoms with Gasteiger partial charge in [0, 0.05) is 18.8 Å². The average Bonchev–Trinajstić information content (AvgIpc) is 3.11. The third-order valence-electron chi connectivity index (χ3n) is 4.27. The van der Waals surface area contributed by atoms with Crippen molar-refractivity contribution in [1.82, 2.24) is 14.5 Å². The van der Waals surface area contributed by atoms with Crippen LogP contribution in [0.1, 0.15) is 48.3 Å². The van der Waals surface area contributed by atoms with E-state index in [2.05, 4.69) is 21.9 Å². The molecular weight excluding hydrogens is 364 g/mol. The van der Waals surface area contributed by atoms with Gasteiger partial charge in [-0.3, -0.25) is 9.78 Å². The van der Waals surface area contributed by atoms with Crippen molar-refractivity contribution in [3.63, 3.8) is 0 Å². The number of anilines is 1. The molecule has 0 unspecified atom stereocenters. The number of pyridine rings is 1. The topological polar surface area (TPSA) is 69.0 Å². The van der Waals surface area contributed by atoms with Gasteiger partial charge in [-0.25, -0.2) is 4.98 Å². The van der Waals surface area contributed by atoms with Crippen molar-refractivity contribution >= 4 is 17.2 Å². The molecule has 2 aromatic heterocycles. The summed E-state index contributed by atoms with van der Waals surface area (Å²) in [6.45, 7) is 13.5. The lowest BCUT2D eigenvalue weighted by atomic mass is 10.2. The smallest absolute Gasteiger partial charge is 0.178 e. The number of nitrogens with one attached hydrogen (secondary N) is 1. The standard InChI is InChI=1S/C21H22N4O2.C2H6/c1-13-10-18(27-5)7-9-21(13)25-12-20(24-16(25)4)14(2)23-17-6-8-19(15(3)26)22-11-17;1-2/h6-12,23H,2H2,1,3-5H3;1-2H3. The second-order valence-electron chi connectivity index (χ2n) is 6.29. The number of carbonyl (C=O) groups excluding carboxylic acids is 1. The number of rotatable bonds is 6. The van der Waals surface area contributed by atoms with Crippen LogP contribution in [0.3, 0.4) is 0 Å². The molecule has 0 atom stereocenters. The van der Waals surface area contributed by atoms with E-state index in [1.165, 1.54) is 6.92 Å². The van der Waals surface area contributed by atoms with Crippen LogP contribution in [0.4, 0.5) is 5.69 Å². The van der Waals surface area contributed by atoms with Crippen molar-refractivity contribution in [2.45, 2.75) is 34.6 Å². The van der Waals surface area contributed by atoms with Gasteiger partial charge in [0.2, 0.25) is 0 Å². The number of carbonyl (C=O) groups is 1. The Morgan fingerprint density at radius 2 is 1.86 bits per heavy atom. The minimum Gasteiger partial charge on any atom is -0.497 e. The molecule has 0 aliphatic heterocycles. The van der Waals surface area contributed by atoms with Crippen LogP contribution in [0.25, 0.3) is 11.4 Å². The van der Waals surface area contributed by atoms with Gasteiger partial charge >= 0.3 is 0 Å². The van der Waals surface area contributed by atoms with E-state index in [-0.39, 0.29) is 5.78 Å². The lowest BCUT2D eigenvalue weighted by Gasteiger charge is -2.10. The van der Waals surface area contributed by atoms with E-state index in [1.54, 1.807) is 25.4 Å². The zero-order valence-corrected chi connectivity index (χ0v) is 17.9. The van der Waals surface area contributed by atoms with Crippen molar-refractivity contribution in [2.75, 3.05) is 12.4 Å². The SMILES string of the molecule is C=C(Nc1ccc(C(C)=O)nc1)c1cn(-c2ccc(OC)cc2C)c(C)n1.CC. The van der Waals surface area contributed by atoms with E-state index >= 15 is 0 Å². The lowest BCUT2D eigenvalue weighted by Crippen LogP contribution is -2.01. The molecule has 3 aromatic rings. The number of nitrogens with zero attached hydrogens (tertiary/aromatic N) is 3. The van der Waals surface area contributed by atoms with E-state index in [0.29, 0.717) is 11.4 Å². The maximum absolute atomic E-state index is 11.3. The van der Waals surface area contributed by atoms with Gasteiger partial charge < -0.3 is 14.6 Å². The number of imidazole rings is 1. The molecule has 0 aliphatic rings. The van der Waals surface area contributed by atoms with Crippen molar-refractivity contribution < 1.29 is 9.53 Å². The maximum Gasteiger partial charge on any atom is 0.178 e. The van der Waals surface area contributed by atoms with E-state index in [0.717, 1.165) is 34.2 Å². The highest BCUT2D eigenvalue weighted by atomic mass is 16.5. The third kappa shape index (κ3) is 5.10. The summed E-state index contributed by atoms with van der Waals surface area (Å²) in [5.74, 6) is 1.61. The normalized spacial score (nSPS) is 10.0. The lowest BCUT2D eigenvalue weighted by molar-refractivity contribution is 0.101. The van der Waals surface area contributed by atoms with Crippen LogP contribution < -0.4 is 10.1 Å². The fourth-order valence-corrected chi connectivity index (χ4v) is 2.80. The van der Waals surface area contributed by atoms with Crippen LogP contribution in [0.5, 0.6) is 5.75 Å². The Hall–Kier alpha value is -3.41. The van der Waals surface area contributed by atoms with E-state index < -0.39 is 0 Å². The molecule has 0 radical (unpaired) electrons. The number of hydrogen-bond acceptors (Lipinski definition) is 5. The number of aromatic nitrogens is 3. The van der Waals surface area contributed by atoms with Crippen LogP contribution >= 0.6 is 0 Å². The number of ketones is 1. The van der Waals surface area contributed by atoms with Crippen LogP contribution in [0.15, 0.2) is 49.3 Å². The van der Waals surface area contributed by atoms with Crippen molar-refractivity contribution in [3.05, 3.63) is 72.1 Å².